The van der Waals surface area contributed by atoms with Gasteiger partial charge in [-0.1, -0.05) is 25.1 Å². The number of piperidine rings is 1. The Morgan fingerprint density at radius 1 is 1.19 bits per heavy atom. The second-order valence-corrected chi connectivity index (χ2v) is 8.87. The molecule has 0 bridgehead atoms. The number of rotatable bonds is 5. The molecule has 2 heterocycles. The molecule has 0 amide bonds. The van der Waals surface area contributed by atoms with Crippen LogP contribution < -0.4 is 4.74 Å². The van der Waals surface area contributed by atoms with Gasteiger partial charge in [0.1, 0.15) is 10.6 Å². The van der Waals surface area contributed by atoms with E-state index in [1.807, 2.05) is 18.2 Å². The number of carbonyl (C=O) groups is 1. The second kappa shape index (κ2) is 7.82. The van der Waals surface area contributed by atoms with Crippen LogP contribution in [0.15, 0.2) is 35.2 Å². The van der Waals surface area contributed by atoms with E-state index in [9.17, 15) is 13.2 Å². The maximum Gasteiger partial charge on any atom is 0.285 e. The lowest BCUT2D eigenvalue weighted by Gasteiger charge is -2.29. The summed E-state index contributed by atoms with van der Waals surface area (Å²) in [6.45, 7) is 6.14. The van der Waals surface area contributed by atoms with Gasteiger partial charge in [-0.2, -0.15) is 9.40 Å². The van der Waals surface area contributed by atoms with Gasteiger partial charge in [-0.05, 0) is 44.7 Å². The van der Waals surface area contributed by atoms with Crippen LogP contribution >= 0.6 is 0 Å². The molecule has 0 unspecified atom stereocenters. The molecule has 1 saturated heterocycles. The molecule has 3 rings (SSSR count). The Morgan fingerprint density at radius 3 is 2.44 bits per heavy atom. The normalized spacial score (nSPS) is 16.4. The third kappa shape index (κ3) is 4.06. The van der Waals surface area contributed by atoms with Gasteiger partial charge in [-0.3, -0.25) is 4.79 Å². The van der Waals surface area contributed by atoms with Gasteiger partial charge >= 0.3 is 0 Å². The first kappa shape index (κ1) is 19.6. The van der Waals surface area contributed by atoms with E-state index in [0.29, 0.717) is 36.1 Å². The van der Waals surface area contributed by atoms with Gasteiger partial charge in [-0.25, -0.2) is 13.1 Å². The molecule has 0 saturated carbocycles. The zero-order chi connectivity index (χ0) is 19.6. The van der Waals surface area contributed by atoms with Gasteiger partial charge in [0, 0.05) is 13.1 Å². The average molecular weight is 391 g/mol. The van der Waals surface area contributed by atoms with Crippen molar-refractivity contribution in [2.45, 2.75) is 38.5 Å². The van der Waals surface area contributed by atoms with Crippen LogP contribution in [0.5, 0.6) is 5.75 Å². The molecule has 146 valence electrons. The zero-order valence-electron chi connectivity index (χ0n) is 15.9. The number of aromatic nitrogens is 2. The highest BCUT2D eigenvalue weighted by atomic mass is 32.2. The highest BCUT2D eigenvalue weighted by molar-refractivity contribution is 7.89. The minimum atomic E-state index is -3.67. The molecule has 1 aromatic heterocycles. The molecule has 1 fully saturated rings. The molecule has 0 atom stereocenters. The van der Waals surface area contributed by atoms with Crippen molar-refractivity contribution in [3.05, 3.63) is 41.7 Å². The molecule has 1 aliphatic heterocycles. The van der Waals surface area contributed by atoms with Crippen LogP contribution in [-0.2, 0) is 10.0 Å². The van der Waals surface area contributed by atoms with Crippen LogP contribution in [-0.4, -0.2) is 48.1 Å². The van der Waals surface area contributed by atoms with Crippen molar-refractivity contribution in [1.29, 1.82) is 0 Å². The molecule has 0 aliphatic carbocycles. The summed E-state index contributed by atoms with van der Waals surface area (Å²) in [4.78, 5) is 12.6. The number of sulfonamides is 1. The predicted molar refractivity (Wildman–Crippen MR) is 101 cm³/mol. The maximum absolute atomic E-state index is 13.1. The van der Waals surface area contributed by atoms with E-state index in [0.717, 1.165) is 17.5 Å². The Labute approximate surface area is 160 Å². The van der Waals surface area contributed by atoms with Gasteiger partial charge in [-0.15, -0.1) is 0 Å². The molecule has 2 aromatic rings. The molecule has 0 N–H and O–H groups in total. The zero-order valence-corrected chi connectivity index (χ0v) is 16.7. The minimum Gasteiger partial charge on any atom is -0.484 e. The molecule has 1 aromatic carbocycles. The van der Waals surface area contributed by atoms with Crippen molar-refractivity contribution in [3.63, 3.8) is 0 Å². The van der Waals surface area contributed by atoms with E-state index in [1.54, 1.807) is 26.0 Å². The van der Waals surface area contributed by atoms with Crippen molar-refractivity contribution >= 4 is 15.9 Å². The second-order valence-electron chi connectivity index (χ2n) is 6.99. The van der Waals surface area contributed by atoms with Crippen molar-refractivity contribution in [1.82, 2.24) is 14.1 Å². The number of benzene rings is 1. The van der Waals surface area contributed by atoms with Crippen molar-refractivity contribution in [2.24, 2.45) is 5.92 Å². The Kier molecular flexibility index (Phi) is 5.67. The highest BCUT2D eigenvalue weighted by Gasteiger charge is 2.33. The number of aryl methyl sites for hydroxylation is 1. The number of nitrogens with zero attached hydrogens (tertiary/aromatic N) is 3. The molecule has 0 radical (unpaired) electrons. The smallest absolute Gasteiger partial charge is 0.285 e. The van der Waals surface area contributed by atoms with Crippen molar-refractivity contribution in [3.8, 4) is 5.75 Å². The summed E-state index contributed by atoms with van der Waals surface area (Å²) in [5.41, 5.74) is 0.659. The van der Waals surface area contributed by atoms with E-state index in [1.165, 1.54) is 4.31 Å². The Balaban J connectivity index is 1.80. The van der Waals surface area contributed by atoms with Gasteiger partial charge in [0.15, 0.2) is 6.61 Å². The summed E-state index contributed by atoms with van der Waals surface area (Å²) in [5, 5.41) is 4.18. The monoisotopic (exact) mass is 391 g/mol. The van der Waals surface area contributed by atoms with Crippen molar-refractivity contribution < 1.29 is 17.9 Å². The first-order chi connectivity index (χ1) is 12.8. The number of ether oxygens (including phenoxy) is 1. The Morgan fingerprint density at radius 2 is 1.81 bits per heavy atom. The van der Waals surface area contributed by atoms with Crippen LogP contribution in [0.1, 0.15) is 35.9 Å². The van der Waals surface area contributed by atoms with Crippen LogP contribution in [0.25, 0.3) is 0 Å². The van der Waals surface area contributed by atoms with Crippen molar-refractivity contribution in [2.75, 3.05) is 19.7 Å². The first-order valence-corrected chi connectivity index (χ1v) is 10.5. The SMILES string of the molecule is Cc1nn(C(=O)COc2ccccc2)c(C)c1S(=O)(=O)N1CCC(C)CC1. The highest BCUT2D eigenvalue weighted by Crippen LogP contribution is 2.27. The van der Waals surface area contributed by atoms with E-state index < -0.39 is 15.9 Å². The summed E-state index contributed by atoms with van der Waals surface area (Å²) >= 11 is 0. The third-order valence-corrected chi connectivity index (χ3v) is 7.06. The molecule has 27 heavy (non-hydrogen) atoms. The molecule has 0 spiro atoms. The fraction of sp³-hybridized carbons (Fsp3) is 0.474. The van der Waals surface area contributed by atoms with Gasteiger partial charge < -0.3 is 4.74 Å². The van der Waals surface area contributed by atoms with Crippen LogP contribution in [0.4, 0.5) is 0 Å². The van der Waals surface area contributed by atoms with Crippen LogP contribution in [0.2, 0.25) is 0 Å². The maximum atomic E-state index is 13.1. The van der Waals surface area contributed by atoms with E-state index in [4.69, 9.17) is 4.74 Å². The standard InChI is InChI=1S/C19H25N3O4S/c1-14-9-11-21(12-10-14)27(24,25)19-15(2)20-22(16(19)3)18(23)13-26-17-7-5-4-6-8-17/h4-8,14H,9-13H2,1-3H3. The van der Waals surface area contributed by atoms with E-state index in [-0.39, 0.29) is 11.5 Å². The fourth-order valence-corrected chi connectivity index (χ4v) is 5.15. The largest absolute Gasteiger partial charge is 0.484 e. The predicted octanol–water partition coefficient (Wildman–Crippen LogP) is 2.64. The van der Waals surface area contributed by atoms with Crippen LogP contribution in [0, 0.1) is 19.8 Å². The summed E-state index contributed by atoms with van der Waals surface area (Å²) < 4.78 is 34.3. The molecule has 8 heteroatoms. The van der Waals surface area contributed by atoms with Gasteiger partial charge in [0.25, 0.3) is 5.91 Å². The number of carbonyl (C=O) groups excluding carboxylic acids is 1. The quantitative estimate of drug-likeness (QED) is 0.783. The Bertz CT molecular complexity index is 914. The van der Waals surface area contributed by atoms with E-state index in [2.05, 4.69) is 12.0 Å². The lowest BCUT2D eigenvalue weighted by Crippen LogP contribution is -2.38. The first-order valence-electron chi connectivity index (χ1n) is 9.08. The number of hydrogen-bond acceptors (Lipinski definition) is 5. The minimum absolute atomic E-state index is 0.130. The lowest BCUT2D eigenvalue weighted by atomic mass is 10.0. The summed E-state index contributed by atoms with van der Waals surface area (Å²) in [7, 11) is -3.67. The molecule has 7 nitrogen and oxygen atoms in total. The summed E-state index contributed by atoms with van der Waals surface area (Å²) in [5.74, 6) is 0.689. The summed E-state index contributed by atoms with van der Waals surface area (Å²) in [6, 6.07) is 8.98. The number of para-hydroxylation sites is 1. The Hall–Kier alpha value is -2.19. The van der Waals surface area contributed by atoms with Crippen LogP contribution in [0.3, 0.4) is 0 Å². The topological polar surface area (TPSA) is 81.5 Å². The molecular weight excluding hydrogens is 366 g/mol. The molecule has 1 aliphatic rings. The number of hydrogen-bond donors (Lipinski definition) is 0. The van der Waals surface area contributed by atoms with Gasteiger partial charge in [0.05, 0.1) is 11.4 Å². The average Bonchev–Trinajstić information content (AvgIpc) is 2.96. The third-order valence-electron chi connectivity index (χ3n) is 4.91. The van der Waals surface area contributed by atoms with E-state index >= 15 is 0 Å². The lowest BCUT2D eigenvalue weighted by molar-refractivity contribution is 0.0818. The molecular formula is C19H25N3O4S. The van der Waals surface area contributed by atoms with Gasteiger partial charge in [0.2, 0.25) is 10.0 Å². The fourth-order valence-electron chi connectivity index (χ4n) is 3.32. The summed E-state index contributed by atoms with van der Waals surface area (Å²) in [6.07, 6.45) is 1.69.